The summed E-state index contributed by atoms with van der Waals surface area (Å²) >= 11 is 0. The second kappa shape index (κ2) is 12.5. The van der Waals surface area contributed by atoms with Gasteiger partial charge in [0.2, 0.25) is 11.9 Å². The number of carbonyl (C=O) groups is 1. The van der Waals surface area contributed by atoms with E-state index in [1.54, 1.807) is 20.8 Å². The van der Waals surface area contributed by atoms with Crippen LogP contribution in [0.25, 0.3) is 6.08 Å². The number of para-hydroxylation sites is 1. The van der Waals surface area contributed by atoms with Crippen LogP contribution in [0.15, 0.2) is 49.8 Å². The van der Waals surface area contributed by atoms with Crippen molar-refractivity contribution in [3.8, 4) is 0 Å². The van der Waals surface area contributed by atoms with Gasteiger partial charge in [-0.1, -0.05) is 30.9 Å². The first-order valence-corrected chi connectivity index (χ1v) is 13.0. The van der Waals surface area contributed by atoms with Crippen LogP contribution in [0.1, 0.15) is 56.7 Å². The quantitative estimate of drug-likeness (QED) is 0.194. The third-order valence-corrected chi connectivity index (χ3v) is 7.28. The summed E-state index contributed by atoms with van der Waals surface area (Å²) < 4.78 is 49.4. The Labute approximate surface area is 217 Å². The zero-order chi connectivity index (χ0) is 27.9. The fourth-order valence-corrected chi connectivity index (χ4v) is 4.95. The number of carbonyl (C=O) groups excluding carboxylic acids is 1. The van der Waals surface area contributed by atoms with Crippen molar-refractivity contribution >= 4 is 33.7 Å². The van der Waals surface area contributed by atoms with Gasteiger partial charge in [-0.2, -0.15) is 0 Å². The molecule has 0 unspecified atom stereocenters. The first-order chi connectivity index (χ1) is 17.4. The van der Waals surface area contributed by atoms with Crippen molar-refractivity contribution in [3.05, 3.63) is 72.6 Å². The molecule has 0 saturated heterocycles. The summed E-state index contributed by atoms with van der Waals surface area (Å²) in [6.45, 7) is 13.7. The Bertz CT molecular complexity index is 1250. The van der Waals surface area contributed by atoms with Gasteiger partial charge in [-0.05, 0) is 45.7 Å². The molecule has 37 heavy (non-hydrogen) atoms. The Morgan fingerprint density at radius 3 is 2.38 bits per heavy atom. The van der Waals surface area contributed by atoms with Crippen LogP contribution in [0, 0.1) is 18.2 Å². The molecule has 0 bridgehead atoms. The highest BCUT2D eigenvalue weighted by atomic mass is 32.2. The van der Waals surface area contributed by atoms with Crippen molar-refractivity contribution in [2.45, 2.75) is 58.0 Å². The number of aromatic nitrogens is 2. The Hall–Kier alpha value is -3.64. The molecule has 0 aliphatic heterocycles. The van der Waals surface area contributed by atoms with Crippen molar-refractivity contribution in [1.29, 1.82) is 5.41 Å². The summed E-state index contributed by atoms with van der Waals surface area (Å²) in [5, 5.41) is 7.27. The molecule has 200 valence electrons. The molecule has 3 N–H and O–H groups in total. The van der Waals surface area contributed by atoms with Crippen LogP contribution in [-0.4, -0.2) is 46.0 Å². The summed E-state index contributed by atoms with van der Waals surface area (Å²) in [4.78, 5) is 21.8. The lowest BCUT2D eigenvalue weighted by molar-refractivity contribution is -0.120. The van der Waals surface area contributed by atoms with Crippen molar-refractivity contribution in [2.24, 2.45) is 5.73 Å². The number of guanidine groups is 1. The normalized spacial score (nSPS) is 13.0. The summed E-state index contributed by atoms with van der Waals surface area (Å²) in [6, 6.07) is 3.91. The highest BCUT2D eigenvalue weighted by molar-refractivity contribution is 7.90. The summed E-state index contributed by atoms with van der Waals surface area (Å²) in [5.41, 5.74) is 6.23. The second-order valence-electron chi connectivity index (χ2n) is 8.52. The number of nitrogens with two attached hydrogens (primary N) is 1. The van der Waals surface area contributed by atoms with Crippen LogP contribution in [0.5, 0.6) is 0 Å². The molecule has 0 saturated carbocycles. The molecule has 1 aromatic carbocycles. The number of hydrogen-bond donors (Lipinski definition) is 2. The van der Waals surface area contributed by atoms with E-state index in [4.69, 9.17) is 15.9 Å². The third-order valence-electron chi connectivity index (χ3n) is 5.25. The number of anilines is 1. The Kier molecular flexibility index (Phi) is 10.0. The highest BCUT2D eigenvalue weighted by Crippen LogP contribution is 2.33. The molecule has 2 aromatic rings. The van der Waals surface area contributed by atoms with Gasteiger partial charge in [-0.3, -0.25) is 10.2 Å². The van der Waals surface area contributed by atoms with E-state index in [2.05, 4.69) is 23.1 Å². The van der Waals surface area contributed by atoms with Crippen LogP contribution in [-0.2, 0) is 19.6 Å². The zero-order valence-electron chi connectivity index (χ0n) is 21.4. The predicted octanol–water partition coefficient (Wildman–Crippen LogP) is 3.86. The van der Waals surface area contributed by atoms with Crippen LogP contribution in [0.4, 0.5) is 10.1 Å². The number of ether oxygens (including phenoxy) is 1. The maximum Gasteiger partial charge on any atom is 0.261 e. The van der Waals surface area contributed by atoms with Crippen molar-refractivity contribution in [1.82, 2.24) is 14.4 Å². The summed E-state index contributed by atoms with van der Waals surface area (Å²) in [7, 11) is -4.71. The molecular formula is C25H33FN6O4S. The first-order valence-electron chi connectivity index (χ1n) is 11.5. The molecule has 0 fully saturated rings. The van der Waals surface area contributed by atoms with Crippen molar-refractivity contribution in [3.63, 3.8) is 0 Å². The maximum atomic E-state index is 15.2. The number of amides is 1. The fourth-order valence-electron chi connectivity index (χ4n) is 3.46. The van der Waals surface area contributed by atoms with E-state index in [1.165, 1.54) is 43.6 Å². The van der Waals surface area contributed by atoms with E-state index in [0.29, 0.717) is 9.42 Å². The second-order valence-corrected chi connectivity index (χ2v) is 10.6. The number of halogens is 1. The van der Waals surface area contributed by atoms with Crippen molar-refractivity contribution in [2.75, 3.05) is 5.01 Å². The molecule has 2 atom stereocenters. The fraction of sp³-hybridized carbons (Fsp3) is 0.360. The number of allylic oxidation sites excluding steroid dienone is 1. The largest absolute Gasteiger partial charge is 0.368 e. The Morgan fingerprint density at radius 2 is 1.86 bits per heavy atom. The zero-order valence-corrected chi connectivity index (χ0v) is 22.2. The average molecular weight is 533 g/mol. The van der Waals surface area contributed by atoms with Gasteiger partial charge in [-0.25, -0.2) is 27.8 Å². The van der Waals surface area contributed by atoms with Crippen LogP contribution in [0.3, 0.4) is 0 Å². The number of hydrazine groups is 1. The number of sulfonamides is 1. The lowest BCUT2D eigenvalue weighted by Gasteiger charge is -2.37. The minimum Gasteiger partial charge on any atom is -0.368 e. The van der Waals surface area contributed by atoms with E-state index < -0.39 is 50.9 Å². The Morgan fingerprint density at radius 1 is 1.24 bits per heavy atom. The summed E-state index contributed by atoms with van der Waals surface area (Å²) in [5.74, 6) is -2.67. The average Bonchev–Trinajstić information content (AvgIpc) is 2.84. The number of rotatable bonds is 11. The molecule has 0 radical (unpaired) electrons. The van der Waals surface area contributed by atoms with E-state index in [9.17, 15) is 13.2 Å². The molecule has 1 heterocycles. The topological polar surface area (TPSA) is 143 Å². The number of aryl methyl sites for hydroxylation is 1. The molecule has 10 nitrogen and oxygen atoms in total. The number of hydrogen-bond acceptors (Lipinski definition) is 7. The number of nitrogens with one attached hydrogen (secondary N) is 1. The standard InChI is InChI=1S/C25H33FN6O4S/c1-7-9-13-21(33)31(22-19(8-2)11-10-12-20(22)26)32(25(27)28)37(34,35)18(6)23(36-16(3)4)24-29-14-17(5)15-30-24/h7-8,10-12,14-16,18,23H,1-2,9,13H2,3-6H3,(H3,27,28)/t18-,23+/m0/s1. The molecule has 12 heteroatoms. The van der Waals surface area contributed by atoms with Gasteiger partial charge in [0, 0.05) is 24.4 Å². The molecule has 0 aliphatic carbocycles. The predicted molar refractivity (Wildman–Crippen MR) is 141 cm³/mol. The lowest BCUT2D eigenvalue weighted by atomic mass is 10.1. The minimum atomic E-state index is -4.71. The van der Waals surface area contributed by atoms with E-state index >= 15 is 4.39 Å². The number of benzene rings is 1. The van der Waals surface area contributed by atoms with Gasteiger partial charge in [0.05, 0.1) is 6.10 Å². The van der Waals surface area contributed by atoms with E-state index in [0.717, 1.165) is 11.6 Å². The monoisotopic (exact) mass is 532 g/mol. The minimum absolute atomic E-state index is 0.0843. The van der Waals surface area contributed by atoms with Gasteiger partial charge < -0.3 is 10.5 Å². The Balaban J connectivity index is 2.75. The maximum absolute atomic E-state index is 15.2. The van der Waals surface area contributed by atoms with Gasteiger partial charge in [0.1, 0.15) is 22.9 Å². The van der Waals surface area contributed by atoms with E-state index in [-0.39, 0.29) is 24.2 Å². The molecule has 2 rings (SSSR count). The smallest absolute Gasteiger partial charge is 0.261 e. The van der Waals surface area contributed by atoms with Gasteiger partial charge in [0.15, 0.2) is 5.82 Å². The molecular weight excluding hydrogens is 499 g/mol. The molecule has 1 aromatic heterocycles. The van der Waals surface area contributed by atoms with Crippen molar-refractivity contribution < 1.29 is 22.3 Å². The third kappa shape index (κ3) is 6.77. The van der Waals surface area contributed by atoms with Crippen LogP contribution >= 0.6 is 0 Å². The van der Waals surface area contributed by atoms with Gasteiger partial charge in [-0.15, -0.1) is 11.0 Å². The first kappa shape index (κ1) is 29.6. The number of nitrogens with zero attached hydrogens (tertiary/aromatic N) is 4. The highest BCUT2D eigenvalue weighted by Gasteiger charge is 2.44. The SMILES string of the molecule is C=CCCC(=O)N(c1c(F)cccc1C=C)N(C(=N)N)S(=O)(=O)[C@@H](C)[C@@H](OC(C)C)c1ncc(C)cn1. The van der Waals surface area contributed by atoms with Crippen LogP contribution in [0.2, 0.25) is 0 Å². The van der Waals surface area contributed by atoms with E-state index in [1.807, 2.05) is 0 Å². The van der Waals surface area contributed by atoms with Gasteiger partial charge >= 0.3 is 0 Å². The molecule has 1 amide bonds. The van der Waals surface area contributed by atoms with Gasteiger partial charge in [0.25, 0.3) is 10.0 Å². The lowest BCUT2D eigenvalue weighted by Crippen LogP contribution is -2.58. The summed E-state index contributed by atoms with van der Waals surface area (Å²) in [6.07, 6.45) is 4.08. The molecule has 0 spiro atoms. The molecule has 0 aliphatic rings. The van der Waals surface area contributed by atoms with Crippen LogP contribution < -0.4 is 10.7 Å².